The normalized spacial score (nSPS) is 15.5. The summed E-state index contributed by atoms with van der Waals surface area (Å²) in [6.45, 7) is 5.63. The number of hydrogen-bond acceptors (Lipinski definition) is 4. The van der Waals surface area contributed by atoms with Crippen molar-refractivity contribution >= 4 is 16.7 Å². The van der Waals surface area contributed by atoms with Crippen LogP contribution in [0.3, 0.4) is 0 Å². The van der Waals surface area contributed by atoms with Gasteiger partial charge in [0, 0.05) is 38.6 Å². The highest BCUT2D eigenvalue weighted by molar-refractivity contribution is 5.84. The van der Waals surface area contributed by atoms with Crippen molar-refractivity contribution in [3.05, 3.63) is 71.8 Å². The summed E-state index contributed by atoms with van der Waals surface area (Å²) >= 11 is 0. The number of ether oxygens (including phenoxy) is 2. The third-order valence-corrected chi connectivity index (χ3v) is 6.56. The number of methoxy groups -OCH3 is 2. The Kier molecular flexibility index (Phi) is 6.96. The molecule has 5 heteroatoms. The Morgan fingerprint density at radius 2 is 1.47 bits per heavy atom. The van der Waals surface area contributed by atoms with Gasteiger partial charge in [0.05, 0.1) is 14.2 Å². The summed E-state index contributed by atoms with van der Waals surface area (Å²) in [6, 6.07) is 21.1. The minimum absolute atomic E-state index is 0.243. The molecule has 0 aromatic heterocycles. The Morgan fingerprint density at radius 1 is 0.844 bits per heavy atom. The predicted octanol–water partition coefficient (Wildman–Crippen LogP) is 4.70. The van der Waals surface area contributed by atoms with Gasteiger partial charge >= 0.3 is 0 Å². The fourth-order valence-electron chi connectivity index (χ4n) is 4.40. The molecule has 32 heavy (non-hydrogen) atoms. The zero-order valence-corrected chi connectivity index (χ0v) is 19.2. The van der Waals surface area contributed by atoms with Crippen LogP contribution in [0.2, 0.25) is 0 Å². The monoisotopic (exact) mass is 432 g/mol. The van der Waals surface area contributed by atoms with Crippen LogP contribution in [0, 0.1) is 0 Å². The number of rotatable bonds is 7. The van der Waals surface area contributed by atoms with Gasteiger partial charge in [-0.25, -0.2) is 0 Å². The fourth-order valence-corrected chi connectivity index (χ4v) is 4.40. The van der Waals surface area contributed by atoms with Gasteiger partial charge in [-0.15, -0.1) is 0 Å². The molecule has 0 saturated carbocycles. The van der Waals surface area contributed by atoms with Crippen LogP contribution in [0.5, 0.6) is 11.5 Å². The molecule has 1 aliphatic rings. The van der Waals surface area contributed by atoms with E-state index in [4.69, 9.17) is 9.47 Å². The maximum Gasteiger partial charge on any atom is 0.222 e. The van der Waals surface area contributed by atoms with Gasteiger partial charge in [0.1, 0.15) is 11.5 Å². The van der Waals surface area contributed by atoms with Crippen LogP contribution in [-0.2, 0) is 11.2 Å². The molecule has 0 N–H and O–H groups in total. The predicted molar refractivity (Wildman–Crippen MR) is 128 cm³/mol. The van der Waals surface area contributed by atoms with Gasteiger partial charge in [-0.1, -0.05) is 30.3 Å². The van der Waals surface area contributed by atoms with Crippen molar-refractivity contribution in [2.45, 2.75) is 25.8 Å². The van der Waals surface area contributed by atoms with Crippen LogP contribution >= 0.6 is 0 Å². The molecule has 0 aliphatic carbocycles. The second-order valence-electron chi connectivity index (χ2n) is 8.41. The molecule has 1 unspecified atom stereocenters. The minimum atomic E-state index is 0.243. The molecule has 0 bridgehead atoms. The van der Waals surface area contributed by atoms with Crippen molar-refractivity contribution in [3.8, 4) is 11.5 Å². The lowest BCUT2D eigenvalue weighted by Gasteiger charge is -2.38. The lowest BCUT2D eigenvalue weighted by Crippen LogP contribution is -2.49. The second-order valence-corrected chi connectivity index (χ2v) is 8.41. The first-order valence-electron chi connectivity index (χ1n) is 11.3. The van der Waals surface area contributed by atoms with Crippen LogP contribution in [0.15, 0.2) is 60.7 Å². The number of carbonyl (C=O) groups excluding carboxylic acids is 1. The first-order valence-corrected chi connectivity index (χ1v) is 11.3. The van der Waals surface area contributed by atoms with Crippen LogP contribution in [0.4, 0.5) is 0 Å². The number of carbonyl (C=O) groups is 1. The largest absolute Gasteiger partial charge is 0.497 e. The number of piperazine rings is 1. The van der Waals surface area contributed by atoms with E-state index in [0.29, 0.717) is 12.5 Å². The highest BCUT2D eigenvalue weighted by Crippen LogP contribution is 2.27. The summed E-state index contributed by atoms with van der Waals surface area (Å²) in [4.78, 5) is 17.2. The van der Waals surface area contributed by atoms with Crippen LogP contribution < -0.4 is 9.47 Å². The molecule has 1 heterocycles. The highest BCUT2D eigenvalue weighted by atomic mass is 16.5. The number of amides is 1. The SMILES string of the molecule is COc1ccc(CCC(=O)N2CCN(C(C)c3ccc4cc(OC)ccc4c3)CC2)cc1. The van der Waals surface area contributed by atoms with E-state index < -0.39 is 0 Å². The van der Waals surface area contributed by atoms with Gasteiger partial charge in [-0.05, 0) is 65.6 Å². The molecule has 3 aromatic rings. The molecule has 168 valence electrons. The molecule has 0 spiro atoms. The van der Waals surface area contributed by atoms with Crippen molar-refractivity contribution in [1.82, 2.24) is 9.80 Å². The third kappa shape index (κ3) is 5.05. The number of benzene rings is 3. The smallest absolute Gasteiger partial charge is 0.222 e. The van der Waals surface area contributed by atoms with Crippen molar-refractivity contribution in [1.29, 1.82) is 0 Å². The summed E-state index contributed by atoms with van der Waals surface area (Å²) in [5, 5.41) is 2.41. The second kappa shape index (κ2) is 10.0. The van der Waals surface area contributed by atoms with Gasteiger partial charge in [0.15, 0.2) is 0 Å². The van der Waals surface area contributed by atoms with Crippen molar-refractivity contribution in [2.24, 2.45) is 0 Å². The van der Waals surface area contributed by atoms with E-state index in [0.717, 1.165) is 44.1 Å². The summed E-state index contributed by atoms with van der Waals surface area (Å²) in [5.74, 6) is 1.97. The maximum absolute atomic E-state index is 12.7. The van der Waals surface area contributed by atoms with E-state index in [9.17, 15) is 4.79 Å². The standard InChI is InChI=1S/C27H32N2O3/c1-20(22-7-8-24-19-26(32-3)12-9-23(24)18-22)28-14-16-29(17-15-28)27(30)13-6-21-4-10-25(31-2)11-5-21/h4-5,7-12,18-20H,6,13-17H2,1-3H3. The zero-order chi connectivity index (χ0) is 22.5. The minimum Gasteiger partial charge on any atom is -0.497 e. The summed E-state index contributed by atoms with van der Waals surface area (Å²) in [7, 11) is 3.36. The van der Waals surface area contributed by atoms with Crippen LogP contribution in [0.1, 0.15) is 30.5 Å². The van der Waals surface area contributed by atoms with Gasteiger partial charge < -0.3 is 14.4 Å². The number of aryl methyl sites for hydroxylation is 1. The van der Waals surface area contributed by atoms with E-state index in [1.165, 1.54) is 21.9 Å². The van der Waals surface area contributed by atoms with E-state index in [-0.39, 0.29) is 5.91 Å². The maximum atomic E-state index is 12.7. The summed E-state index contributed by atoms with van der Waals surface area (Å²) in [5.41, 5.74) is 2.47. The molecule has 3 aromatic carbocycles. The summed E-state index contributed by atoms with van der Waals surface area (Å²) < 4.78 is 10.5. The van der Waals surface area contributed by atoms with Crippen molar-refractivity contribution in [2.75, 3.05) is 40.4 Å². The fraction of sp³-hybridized carbons (Fsp3) is 0.370. The average molecular weight is 433 g/mol. The molecule has 1 fully saturated rings. The Balaban J connectivity index is 1.30. The van der Waals surface area contributed by atoms with Gasteiger partial charge in [0.25, 0.3) is 0 Å². The molecular weight excluding hydrogens is 400 g/mol. The van der Waals surface area contributed by atoms with Crippen molar-refractivity contribution in [3.63, 3.8) is 0 Å². The van der Waals surface area contributed by atoms with Gasteiger partial charge in [-0.3, -0.25) is 9.69 Å². The number of fused-ring (bicyclic) bond motifs is 1. The molecule has 1 atom stereocenters. The molecule has 1 amide bonds. The van der Waals surface area contributed by atoms with Gasteiger partial charge in [0.2, 0.25) is 5.91 Å². The van der Waals surface area contributed by atoms with Crippen LogP contribution in [-0.4, -0.2) is 56.1 Å². The number of nitrogens with zero attached hydrogens (tertiary/aromatic N) is 2. The Morgan fingerprint density at radius 3 is 2.16 bits per heavy atom. The zero-order valence-electron chi connectivity index (χ0n) is 19.2. The molecular formula is C27H32N2O3. The number of hydrogen-bond donors (Lipinski definition) is 0. The lowest BCUT2D eigenvalue weighted by atomic mass is 10.0. The Hall–Kier alpha value is -3.05. The molecule has 1 saturated heterocycles. The van der Waals surface area contributed by atoms with E-state index in [2.05, 4.69) is 42.2 Å². The van der Waals surface area contributed by atoms with Crippen LogP contribution in [0.25, 0.3) is 10.8 Å². The van der Waals surface area contributed by atoms with E-state index >= 15 is 0 Å². The first kappa shape index (κ1) is 22.2. The molecule has 1 aliphatic heterocycles. The van der Waals surface area contributed by atoms with Gasteiger partial charge in [-0.2, -0.15) is 0 Å². The summed E-state index contributed by atoms with van der Waals surface area (Å²) in [6.07, 6.45) is 1.32. The third-order valence-electron chi connectivity index (χ3n) is 6.56. The molecule has 5 nitrogen and oxygen atoms in total. The Bertz CT molecular complexity index is 1060. The van der Waals surface area contributed by atoms with Crippen molar-refractivity contribution < 1.29 is 14.3 Å². The van der Waals surface area contributed by atoms with E-state index in [1.54, 1.807) is 14.2 Å². The first-order chi connectivity index (χ1) is 15.6. The van der Waals surface area contributed by atoms with E-state index in [1.807, 2.05) is 35.2 Å². The molecule has 4 rings (SSSR count). The quantitative estimate of drug-likeness (QED) is 0.543. The Labute approximate surface area is 190 Å². The average Bonchev–Trinajstić information content (AvgIpc) is 2.86. The molecule has 0 radical (unpaired) electrons. The topological polar surface area (TPSA) is 42.0 Å². The lowest BCUT2D eigenvalue weighted by molar-refractivity contribution is -0.133. The highest BCUT2D eigenvalue weighted by Gasteiger charge is 2.24.